The van der Waals surface area contributed by atoms with E-state index < -0.39 is 17.9 Å². The van der Waals surface area contributed by atoms with E-state index in [0.717, 1.165) is 5.56 Å². The number of benzene rings is 3. The van der Waals surface area contributed by atoms with E-state index >= 15 is 0 Å². The molecule has 1 aliphatic heterocycles. The number of hydrogen-bond acceptors (Lipinski definition) is 7. The molecule has 2 atom stereocenters. The molecule has 0 aromatic heterocycles. The van der Waals surface area contributed by atoms with Crippen LogP contribution in [0, 0.1) is 0 Å². The van der Waals surface area contributed by atoms with Crippen molar-refractivity contribution in [2.75, 3.05) is 28.4 Å². The van der Waals surface area contributed by atoms with E-state index in [-0.39, 0.29) is 6.54 Å². The van der Waals surface area contributed by atoms with E-state index in [2.05, 4.69) is 0 Å². The molecule has 3 aromatic carbocycles. The van der Waals surface area contributed by atoms with Crippen LogP contribution in [0.15, 0.2) is 66.7 Å². The molecule has 0 bridgehead atoms. The van der Waals surface area contributed by atoms with Crippen molar-refractivity contribution in [1.29, 1.82) is 0 Å². The molecule has 0 radical (unpaired) electrons. The van der Waals surface area contributed by atoms with Crippen molar-refractivity contribution in [1.82, 2.24) is 4.90 Å². The first kappa shape index (κ1) is 23.3. The van der Waals surface area contributed by atoms with Crippen LogP contribution < -0.4 is 18.9 Å². The molecule has 8 heteroatoms. The summed E-state index contributed by atoms with van der Waals surface area (Å²) in [6.07, 6.45) is -1.62. The minimum Gasteiger partial charge on any atom is -0.497 e. The Bertz CT molecular complexity index is 1150. The molecule has 1 fully saturated rings. The lowest BCUT2D eigenvalue weighted by atomic mass is 9.90. The third-order valence-corrected chi connectivity index (χ3v) is 5.94. The maximum absolute atomic E-state index is 13.1. The first-order valence-corrected chi connectivity index (χ1v) is 10.6. The van der Waals surface area contributed by atoms with Gasteiger partial charge in [0, 0.05) is 5.56 Å². The predicted octanol–water partition coefficient (Wildman–Crippen LogP) is 4.26. The Morgan fingerprint density at radius 1 is 0.824 bits per heavy atom. The molecule has 1 saturated heterocycles. The van der Waals surface area contributed by atoms with Crippen LogP contribution in [0.3, 0.4) is 0 Å². The van der Waals surface area contributed by atoms with Crippen molar-refractivity contribution >= 4 is 6.09 Å². The Labute approximate surface area is 198 Å². The van der Waals surface area contributed by atoms with Crippen LogP contribution in [0.1, 0.15) is 22.8 Å². The first-order chi connectivity index (χ1) is 16.4. The lowest BCUT2D eigenvalue weighted by molar-refractivity contribution is -0.113. The highest BCUT2D eigenvalue weighted by atomic mass is 16.6. The SMILES string of the molecule is COc1ccc([C@@H]2OC(=O)N(Cc3ccc(OC)c(OC)c3)[C@@]2(O)c2ccc(OC)cc2)cc1. The number of methoxy groups -OCH3 is 4. The zero-order valence-electron chi connectivity index (χ0n) is 19.5. The normalized spacial score (nSPS) is 19.5. The number of cyclic esters (lactones) is 1. The summed E-state index contributed by atoms with van der Waals surface area (Å²) in [7, 11) is 6.23. The van der Waals surface area contributed by atoms with Gasteiger partial charge in [0.05, 0.1) is 35.0 Å². The van der Waals surface area contributed by atoms with Crippen LogP contribution in [-0.2, 0) is 17.0 Å². The van der Waals surface area contributed by atoms with Gasteiger partial charge in [0.15, 0.2) is 17.6 Å². The Hall–Kier alpha value is -3.91. The van der Waals surface area contributed by atoms with Crippen LogP contribution >= 0.6 is 0 Å². The summed E-state index contributed by atoms with van der Waals surface area (Å²) in [5.74, 6) is 2.37. The van der Waals surface area contributed by atoms with E-state index in [4.69, 9.17) is 23.7 Å². The highest BCUT2D eigenvalue weighted by Gasteiger charge is 2.56. The highest BCUT2D eigenvalue weighted by molar-refractivity contribution is 5.72. The summed E-state index contributed by atoms with van der Waals surface area (Å²) >= 11 is 0. The van der Waals surface area contributed by atoms with Crippen LogP contribution in [0.25, 0.3) is 0 Å². The van der Waals surface area contributed by atoms with Gasteiger partial charge in [0.25, 0.3) is 0 Å². The molecule has 8 nitrogen and oxygen atoms in total. The van der Waals surface area contributed by atoms with Gasteiger partial charge in [-0.15, -0.1) is 0 Å². The zero-order valence-corrected chi connectivity index (χ0v) is 19.5. The minimum absolute atomic E-state index is 0.0777. The van der Waals surface area contributed by atoms with Crippen LogP contribution in [0.2, 0.25) is 0 Å². The fourth-order valence-corrected chi connectivity index (χ4v) is 4.10. The van der Waals surface area contributed by atoms with Crippen molar-refractivity contribution in [3.8, 4) is 23.0 Å². The fraction of sp³-hybridized carbons (Fsp3) is 0.269. The van der Waals surface area contributed by atoms with Gasteiger partial charge in [-0.05, 0) is 47.5 Å². The molecule has 4 rings (SSSR count). The summed E-state index contributed by atoms with van der Waals surface area (Å²) in [5, 5.41) is 12.1. The molecule has 1 N–H and O–H groups in total. The maximum atomic E-state index is 13.1. The minimum atomic E-state index is -1.79. The van der Waals surface area contributed by atoms with E-state index in [9.17, 15) is 9.90 Å². The number of rotatable bonds is 8. The van der Waals surface area contributed by atoms with E-state index in [0.29, 0.717) is 34.1 Å². The first-order valence-electron chi connectivity index (χ1n) is 10.6. The number of hydrogen-bond donors (Lipinski definition) is 1. The highest BCUT2D eigenvalue weighted by Crippen LogP contribution is 2.48. The van der Waals surface area contributed by atoms with Gasteiger partial charge in [-0.2, -0.15) is 0 Å². The van der Waals surface area contributed by atoms with E-state index in [1.807, 2.05) is 6.07 Å². The standard InChI is InChI=1S/C26H27NO7/c1-30-20-10-6-18(7-11-20)24-26(29,19-8-12-21(31-2)13-9-19)27(25(28)34-24)16-17-5-14-22(32-3)23(15-17)33-4/h5-15,24,29H,16H2,1-4H3/t24-,26+/m0/s1. The Balaban J connectivity index is 1.77. The molecule has 0 saturated carbocycles. The van der Waals surface area contributed by atoms with Crippen molar-refractivity contribution in [2.24, 2.45) is 0 Å². The lowest BCUT2D eigenvalue weighted by Gasteiger charge is -2.35. The second-order valence-corrected chi connectivity index (χ2v) is 7.77. The summed E-state index contributed by atoms with van der Waals surface area (Å²) in [6, 6.07) is 19.3. The van der Waals surface area contributed by atoms with Gasteiger partial charge < -0.3 is 28.8 Å². The summed E-state index contributed by atoms with van der Waals surface area (Å²) < 4.78 is 26.9. The molecule has 1 amide bonds. The lowest BCUT2D eigenvalue weighted by Crippen LogP contribution is -2.45. The maximum Gasteiger partial charge on any atom is 0.413 e. The number of aliphatic hydroxyl groups is 1. The molecular formula is C26H27NO7. The number of carbonyl (C=O) groups excluding carboxylic acids is 1. The number of amides is 1. The average Bonchev–Trinajstić information content (AvgIpc) is 3.14. The second kappa shape index (κ2) is 9.52. The second-order valence-electron chi connectivity index (χ2n) is 7.77. The molecule has 1 aliphatic rings. The van der Waals surface area contributed by atoms with Gasteiger partial charge >= 0.3 is 6.09 Å². The van der Waals surface area contributed by atoms with Crippen LogP contribution in [0.5, 0.6) is 23.0 Å². The van der Waals surface area contributed by atoms with Gasteiger partial charge in [-0.1, -0.05) is 30.3 Å². The topological polar surface area (TPSA) is 86.7 Å². The van der Waals surface area contributed by atoms with Crippen molar-refractivity contribution in [3.63, 3.8) is 0 Å². The third kappa shape index (κ3) is 4.08. The number of nitrogens with zero attached hydrogens (tertiary/aromatic N) is 1. The molecule has 3 aromatic rings. The fourth-order valence-electron chi connectivity index (χ4n) is 4.10. The number of carbonyl (C=O) groups is 1. The smallest absolute Gasteiger partial charge is 0.413 e. The summed E-state index contributed by atoms with van der Waals surface area (Å²) in [6.45, 7) is 0.0777. The van der Waals surface area contributed by atoms with Gasteiger partial charge in [0.1, 0.15) is 11.5 Å². The summed E-state index contributed by atoms with van der Waals surface area (Å²) in [4.78, 5) is 14.4. The van der Waals surface area contributed by atoms with Crippen molar-refractivity contribution in [3.05, 3.63) is 83.4 Å². The molecule has 0 spiro atoms. The zero-order chi connectivity index (χ0) is 24.3. The Morgan fingerprint density at radius 2 is 1.41 bits per heavy atom. The summed E-state index contributed by atoms with van der Waals surface area (Å²) in [5.41, 5.74) is 0.0603. The van der Waals surface area contributed by atoms with Crippen LogP contribution in [-0.4, -0.2) is 44.5 Å². The molecule has 178 valence electrons. The number of ether oxygens (including phenoxy) is 5. The van der Waals surface area contributed by atoms with Crippen molar-refractivity contribution in [2.45, 2.75) is 18.4 Å². The third-order valence-electron chi connectivity index (χ3n) is 5.94. The predicted molar refractivity (Wildman–Crippen MR) is 124 cm³/mol. The molecule has 0 unspecified atom stereocenters. The Kier molecular flexibility index (Phi) is 6.51. The quantitative estimate of drug-likeness (QED) is 0.532. The van der Waals surface area contributed by atoms with Crippen LogP contribution in [0.4, 0.5) is 4.79 Å². The Morgan fingerprint density at radius 3 is 1.97 bits per heavy atom. The van der Waals surface area contributed by atoms with Gasteiger partial charge in [-0.25, -0.2) is 4.79 Å². The molecule has 34 heavy (non-hydrogen) atoms. The molecule has 1 heterocycles. The van der Waals surface area contributed by atoms with Gasteiger partial charge in [0.2, 0.25) is 5.72 Å². The van der Waals surface area contributed by atoms with E-state index in [1.165, 1.54) is 4.90 Å². The van der Waals surface area contributed by atoms with Gasteiger partial charge in [-0.3, -0.25) is 4.90 Å². The average molecular weight is 466 g/mol. The largest absolute Gasteiger partial charge is 0.497 e. The molecular weight excluding hydrogens is 438 g/mol. The molecule has 0 aliphatic carbocycles. The van der Waals surface area contributed by atoms with Crippen molar-refractivity contribution < 1.29 is 33.6 Å². The monoisotopic (exact) mass is 465 g/mol. The van der Waals surface area contributed by atoms with E-state index in [1.54, 1.807) is 89.1 Å².